The minimum absolute atomic E-state index is 0.110. The van der Waals surface area contributed by atoms with Crippen molar-refractivity contribution in [2.24, 2.45) is 0 Å². The lowest BCUT2D eigenvalue weighted by molar-refractivity contribution is 0.0891. The molecule has 2 atom stereocenters. The summed E-state index contributed by atoms with van der Waals surface area (Å²) in [6.45, 7) is 6.61. The van der Waals surface area contributed by atoms with E-state index in [1.54, 1.807) is 6.92 Å². The van der Waals surface area contributed by atoms with Crippen molar-refractivity contribution in [3.8, 4) is 0 Å². The van der Waals surface area contributed by atoms with Gasteiger partial charge in [-0.1, -0.05) is 19.4 Å². The van der Waals surface area contributed by atoms with E-state index in [1.165, 1.54) is 6.07 Å². The summed E-state index contributed by atoms with van der Waals surface area (Å²) >= 11 is 0. The highest BCUT2D eigenvalue weighted by Gasteiger charge is 2.49. The second-order valence-corrected chi connectivity index (χ2v) is 6.54. The molecule has 0 radical (unpaired) electrons. The average molecular weight is 359 g/mol. The van der Waals surface area contributed by atoms with Crippen molar-refractivity contribution in [1.29, 1.82) is 0 Å². The van der Waals surface area contributed by atoms with Gasteiger partial charge in [-0.2, -0.15) is 0 Å². The van der Waals surface area contributed by atoms with Crippen LogP contribution in [0.1, 0.15) is 51.2 Å². The maximum atomic E-state index is 14.9. The zero-order valence-electron chi connectivity index (χ0n) is 14.9. The summed E-state index contributed by atoms with van der Waals surface area (Å²) < 4.78 is 62.4. The SMILES string of the molecule is CCCCNC(C)CC1(COCC)C(F)=C(F)c2c1ccc(F)c2F. The van der Waals surface area contributed by atoms with Gasteiger partial charge >= 0.3 is 0 Å². The van der Waals surface area contributed by atoms with Crippen molar-refractivity contribution < 1.29 is 22.3 Å². The maximum absolute atomic E-state index is 14.9. The van der Waals surface area contributed by atoms with Crippen LogP contribution in [0, 0.1) is 11.6 Å². The highest BCUT2D eigenvalue weighted by atomic mass is 19.2. The molecule has 0 fully saturated rings. The van der Waals surface area contributed by atoms with Crippen molar-refractivity contribution in [2.45, 2.75) is 51.5 Å². The summed E-state index contributed by atoms with van der Waals surface area (Å²) in [5, 5.41) is 3.27. The lowest BCUT2D eigenvalue weighted by Gasteiger charge is -2.33. The molecule has 0 amide bonds. The van der Waals surface area contributed by atoms with E-state index in [1.807, 2.05) is 6.92 Å². The van der Waals surface area contributed by atoms with E-state index >= 15 is 0 Å². The number of rotatable bonds is 9. The molecular formula is C19H25F4NO. The van der Waals surface area contributed by atoms with Gasteiger partial charge in [0.2, 0.25) is 0 Å². The van der Waals surface area contributed by atoms with E-state index < -0.39 is 34.3 Å². The molecule has 1 aliphatic carbocycles. The first-order valence-corrected chi connectivity index (χ1v) is 8.74. The van der Waals surface area contributed by atoms with Gasteiger partial charge in [0, 0.05) is 12.6 Å². The van der Waals surface area contributed by atoms with E-state index in [2.05, 4.69) is 12.2 Å². The molecule has 0 saturated heterocycles. The number of nitrogens with one attached hydrogen (secondary N) is 1. The molecule has 25 heavy (non-hydrogen) atoms. The van der Waals surface area contributed by atoms with Crippen LogP contribution in [-0.2, 0) is 10.2 Å². The van der Waals surface area contributed by atoms with Crippen molar-refractivity contribution in [3.63, 3.8) is 0 Å². The molecule has 2 rings (SSSR count). The Bertz CT molecular complexity index is 647. The Morgan fingerprint density at radius 2 is 1.88 bits per heavy atom. The third-order valence-corrected chi connectivity index (χ3v) is 4.67. The number of halogens is 4. The fourth-order valence-electron chi connectivity index (χ4n) is 3.40. The zero-order chi connectivity index (χ0) is 18.6. The quantitative estimate of drug-likeness (QED) is 0.493. The van der Waals surface area contributed by atoms with Gasteiger partial charge in [-0.3, -0.25) is 0 Å². The molecule has 2 nitrogen and oxygen atoms in total. The van der Waals surface area contributed by atoms with E-state index in [-0.39, 0.29) is 24.6 Å². The molecule has 0 aliphatic heterocycles. The molecule has 0 aromatic heterocycles. The summed E-state index contributed by atoms with van der Waals surface area (Å²) in [5.41, 5.74) is -1.94. The van der Waals surface area contributed by atoms with Gasteiger partial charge in [-0.15, -0.1) is 0 Å². The Morgan fingerprint density at radius 3 is 2.52 bits per heavy atom. The van der Waals surface area contributed by atoms with E-state index in [9.17, 15) is 17.6 Å². The first kappa shape index (κ1) is 19.9. The normalized spacial score (nSPS) is 20.9. The van der Waals surface area contributed by atoms with Gasteiger partial charge in [0.25, 0.3) is 0 Å². The fraction of sp³-hybridized carbons (Fsp3) is 0.579. The van der Waals surface area contributed by atoms with Crippen molar-refractivity contribution in [1.82, 2.24) is 5.32 Å². The molecule has 0 saturated carbocycles. The molecule has 0 spiro atoms. The molecule has 1 N–H and O–H groups in total. The highest BCUT2D eigenvalue weighted by Crippen LogP contribution is 2.51. The Morgan fingerprint density at radius 1 is 1.16 bits per heavy atom. The number of fused-ring (bicyclic) bond motifs is 1. The third kappa shape index (κ3) is 3.75. The Hall–Kier alpha value is -1.40. The monoisotopic (exact) mass is 359 g/mol. The van der Waals surface area contributed by atoms with Gasteiger partial charge in [0.05, 0.1) is 17.6 Å². The second kappa shape index (κ2) is 8.32. The first-order chi connectivity index (χ1) is 11.9. The first-order valence-electron chi connectivity index (χ1n) is 8.74. The smallest absolute Gasteiger partial charge is 0.169 e. The van der Waals surface area contributed by atoms with Crippen molar-refractivity contribution >= 4 is 5.83 Å². The number of hydrogen-bond acceptors (Lipinski definition) is 2. The number of ether oxygens (including phenoxy) is 1. The number of unbranched alkanes of at least 4 members (excludes halogenated alkanes) is 1. The van der Waals surface area contributed by atoms with E-state index in [0.29, 0.717) is 6.61 Å². The standard InChI is InChI=1S/C19H25F4NO/c1-4-6-9-24-12(3)10-19(11-25-5-2)13-7-8-14(20)16(21)15(13)17(22)18(19)23/h7-8,12,24H,4-6,9-11H2,1-3H3. The van der Waals surface area contributed by atoms with Crippen LogP contribution in [0.2, 0.25) is 0 Å². The molecule has 0 bridgehead atoms. The van der Waals surface area contributed by atoms with Gasteiger partial charge in [-0.25, -0.2) is 17.6 Å². The van der Waals surface area contributed by atoms with Crippen LogP contribution in [0.25, 0.3) is 5.83 Å². The lowest BCUT2D eigenvalue weighted by atomic mass is 9.77. The lowest BCUT2D eigenvalue weighted by Crippen LogP contribution is -2.40. The van der Waals surface area contributed by atoms with Crippen molar-refractivity contribution in [3.05, 3.63) is 40.7 Å². The minimum atomic E-state index is -1.44. The molecular weight excluding hydrogens is 334 g/mol. The van der Waals surface area contributed by atoms with Gasteiger partial charge < -0.3 is 10.1 Å². The number of benzene rings is 1. The second-order valence-electron chi connectivity index (χ2n) is 6.54. The number of hydrogen-bond donors (Lipinski definition) is 1. The van der Waals surface area contributed by atoms with Gasteiger partial charge in [0.15, 0.2) is 17.5 Å². The molecule has 1 aromatic rings. The van der Waals surface area contributed by atoms with Crippen LogP contribution in [0.4, 0.5) is 17.6 Å². The Labute approximate surface area is 146 Å². The predicted molar refractivity (Wildman–Crippen MR) is 90.7 cm³/mol. The predicted octanol–water partition coefficient (Wildman–Crippen LogP) is 5.03. The minimum Gasteiger partial charge on any atom is -0.380 e. The maximum Gasteiger partial charge on any atom is 0.169 e. The molecule has 1 aliphatic rings. The van der Waals surface area contributed by atoms with Crippen LogP contribution in [-0.4, -0.2) is 25.8 Å². The van der Waals surface area contributed by atoms with Crippen molar-refractivity contribution in [2.75, 3.05) is 19.8 Å². The highest BCUT2D eigenvalue weighted by molar-refractivity contribution is 5.75. The van der Waals surface area contributed by atoms with Gasteiger partial charge in [-0.05, 0) is 44.9 Å². The van der Waals surface area contributed by atoms with Crippen LogP contribution in [0.15, 0.2) is 18.0 Å². The molecule has 6 heteroatoms. The van der Waals surface area contributed by atoms with Crippen LogP contribution in [0.3, 0.4) is 0 Å². The summed E-state index contributed by atoms with van der Waals surface area (Å²) in [6, 6.07) is 2.03. The molecule has 140 valence electrons. The largest absolute Gasteiger partial charge is 0.380 e. The Kier molecular flexibility index (Phi) is 6.63. The van der Waals surface area contributed by atoms with Crippen LogP contribution in [0.5, 0.6) is 0 Å². The summed E-state index contributed by atoms with van der Waals surface area (Å²) in [6.07, 6.45) is 2.17. The zero-order valence-corrected chi connectivity index (χ0v) is 14.9. The molecule has 2 unspecified atom stereocenters. The topological polar surface area (TPSA) is 21.3 Å². The van der Waals surface area contributed by atoms with Crippen LogP contribution < -0.4 is 5.32 Å². The average Bonchev–Trinajstić information content (AvgIpc) is 2.79. The summed E-state index contributed by atoms with van der Waals surface area (Å²) in [4.78, 5) is 0. The van der Waals surface area contributed by atoms with Gasteiger partial charge in [0.1, 0.15) is 5.83 Å². The third-order valence-electron chi connectivity index (χ3n) is 4.67. The van der Waals surface area contributed by atoms with Crippen LogP contribution >= 0.6 is 0 Å². The Balaban J connectivity index is 2.42. The summed E-state index contributed by atoms with van der Waals surface area (Å²) in [5.74, 6) is -4.95. The molecule has 1 aromatic carbocycles. The summed E-state index contributed by atoms with van der Waals surface area (Å²) in [7, 11) is 0. The molecule has 0 heterocycles. The fourth-order valence-corrected chi connectivity index (χ4v) is 3.40. The van der Waals surface area contributed by atoms with E-state index in [4.69, 9.17) is 4.74 Å². The van der Waals surface area contributed by atoms with E-state index in [0.717, 1.165) is 25.5 Å².